The average Bonchev–Trinajstić information content (AvgIpc) is 2.47. The number of hydrogen-bond donors (Lipinski definition) is 2. The molecule has 0 aromatic heterocycles. The molecule has 1 unspecified atom stereocenters. The molecular weight excluding hydrogens is 244 g/mol. The third-order valence-electron chi connectivity index (χ3n) is 3.56. The minimum atomic E-state index is -0.407. The maximum absolute atomic E-state index is 11.4. The van der Waals surface area contributed by atoms with Crippen LogP contribution in [-0.4, -0.2) is 36.3 Å². The van der Waals surface area contributed by atoms with Crippen molar-refractivity contribution in [2.45, 2.75) is 19.3 Å². The van der Waals surface area contributed by atoms with Gasteiger partial charge in [-0.3, -0.25) is 5.21 Å². The van der Waals surface area contributed by atoms with Crippen LogP contribution in [0.15, 0.2) is 24.3 Å². The maximum Gasteiger partial charge on any atom is 0.341 e. The molecule has 1 aromatic rings. The first-order valence-corrected chi connectivity index (χ1v) is 6.55. The maximum atomic E-state index is 11.4. The zero-order chi connectivity index (χ0) is 13.7. The summed E-state index contributed by atoms with van der Waals surface area (Å²) in [7, 11) is 1.66. The van der Waals surface area contributed by atoms with Gasteiger partial charge in [-0.1, -0.05) is 12.1 Å². The van der Waals surface area contributed by atoms with E-state index in [1.54, 1.807) is 17.5 Å². The van der Waals surface area contributed by atoms with Gasteiger partial charge in [0.15, 0.2) is 0 Å². The number of nitrogens with zero attached hydrogens (tertiary/aromatic N) is 1. The van der Waals surface area contributed by atoms with Gasteiger partial charge in [0.1, 0.15) is 5.75 Å². The molecule has 0 aliphatic carbocycles. The van der Waals surface area contributed by atoms with E-state index in [1.165, 1.54) is 5.56 Å². The molecule has 2 amide bonds. The van der Waals surface area contributed by atoms with Crippen molar-refractivity contribution in [2.75, 3.05) is 20.2 Å². The van der Waals surface area contributed by atoms with Crippen molar-refractivity contribution < 1.29 is 14.7 Å². The summed E-state index contributed by atoms with van der Waals surface area (Å²) in [6.45, 7) is 1.39. The lowest BCUT2D eigenvalue weighted by Gasteiger charge is -2.32. The van der Waals surface area contributed by atoms with Gasteiger partial charge in [-0.2, -0.15) is 0 Å². The number of ether oxygens (including phenoxy) is 1. The Bertz CT molecular complexity index is 436. The highest BCUT2D eigenvalue weighted by molar-refractivity contribution is 5.72. The number of carbonyl (C=O) groups excluding carboxylic acids is 1. The van der Waals surface area contributed by atoms with Crippen LogP contribution >= 0.6 is 0 Å². The highest BCUT2D eigenvalue weighted by Gasteiger charge is 2.23. The summed E-state index contributed by atoms with van der Waals surface area (Å²) in [6, 6.07) is 7.61. The Morgan fingerprint density at radius 1 is 1.58 bits per heavy atom. The van der Waals surface area contributed by atoms with Crippen molar-refractivity contribution in [1.82, 2.24) is 10.4 Å². The number of hydrogen-bond acceptors (Lipinski definition) is 3. The van der Waals surface area contributed by atoms with Crippen LogP contribution in [0.1, 0.15) is 18.4 Å². The van der Waals surface area contributed by atoms with Crippen molar-refractivity contribution in [3.63, 3.8) is 0 Å². The molecule has 1 heterocycles. The van der Waals surface area contributed by atoms with Crippen LogP contribution in [0.3, 0.4) is 0 Å². The van der Waals surface area contributed by atoms with Gasteiger partial charge < -0.3 is 9.64 Å². The number of carbonyl (C=O) groups is 1. The molecular formula is C14H20N2O3. The van der Waals surface area contributed by atoms with Crippen LogP contribution < -0.4 is 10.2 Å². The molecule has 1 aliphatic rings. The largest absolute Gasteiger partial charge is 0.497 e. The standard InChI is InChI=1S/C14H20N2O3/c1-19-13-6-2-4-11(9-13)8-12-5-3-7-16(10-12)14(17)15-18/h2,4,6,9,12,18H,3,5,7-8,10H2,1H3,(H,15,17). The van der Waals surface area contributed by atoms with Gasteiger partial charge in [-0.15, -0.1) is 0 Å². The van der Waals surface area contributed by atoms with Crippen LogP contribution in [0.25, 0.3) is 0 Å². The fourth-order valence-electron chi connectivity index (χ4n) is 2.62. The van der Waals surface area contributed by atoms with E-state index >= 15 is 0 Å². The van der Waals surface area contributed by atoms with Crippen molar-refractivity contribution in [1.29, 1.82) is 0 Å². The van der Waals surface area contributed by atoms with Crippen molar-refractivity contribution in [2.24, 2.45) is 5.92 Å². The van der Waals surface area contributed by atoms with E-state index in [0.717, 1.165) is 25.0 Å². The van der Waals surface area contributed by atoms with Crippen LogP contribution in [0.2, 0.25) is 0 Å². The smallest absolute Gasteiger partial charge is 0.341 e. The third kappa shape index (κ3) is 3.61. The Balaban J connectivity index is 1.96. The lowest BCUT2D eigenvalue weighted by Crippen LogP contribution is -2.44. The first kappa shape index (κ1) is 13.7. The van der Waals surface area contributed by atoms with E-state index in [9.17, 15) is 4.79 Å². The average molecular weight is 264 g/mol. The molecule has 1 atom stereocenters. The number of hydroxylamine groups is 1. The van der Waals surface area contributed by atoms with Crippen LogP contribution in [0.4, 0.5) is 4.79 Å². The van der Waals surface area contributed by atoms with E-state index < -0.39 is 6.03 Å². The second-order valence-electron chi connectivity index (χ2n) is 4.93. The first-order valence-electron chi connectivity index (χ1n) is 6.55. The molecule has 5 heteroatoms. The Labute approximate surface area is 113 Å². The number of rotatable bonds is 3. The predicted molar refractivity (Wildman–Crippen MR) is 71.3 cm³/mol. The fourth-order valence-corrected chi connectivity index (χ4v) is 2.62. The Hall–Kier alpha value is -1.75. The molecule has 1 aromatic carbocycles. The summed E-state index contributed by atoms with van der Waals surface area (Å²) in [5.74, 6) is 1.29. The topological polar surface area (TPSA) is 61.8 Å². The van der Waals surface area contributed by atoms with Crippen LogP contribution in [0, 0.1) is 5.92 Å². The second-order valence-corrected chi connectivity index (χ2v) is 4.93. The molecule has 0 spiro atoms. The normalized spacial score (nSPS) is 19.1. The molecule has 19 heavy (non-hydrogen) atoms. The molecule has 5 nitrogen and oxygen atoms in total. The Kier molecular flexibility index (Phi) is 4.63. The van der Waals surface area contributed by atoms with Crippen LogP contribution in [0.5, 0.6) is 5.75 Å². The predicted octanol–water partition coefficient (Wildman–Crippen LogP) is 2.05. The van der Waals surface area contributed by atoms with Gasteiger partial charge in [0.05, 0.1) is 7.11 Å². The summed E-state index contributed by atoms with van der Waals surface area (Å²) >= 11 is 0. The Morgan fingerprint density at radius 3 is 3.16 bits per heavy atom. The van der Waals surface area contributed by atoms with E-state index in [4.69, 9.17) is 9.94 Å². The molecule has 104 valence electrons. The first-order chi connectivity index (χ1) is 9.22. The van der Waals surface area contributed by atoms with Crippen molar-refractivity contribution >= 4 is 6.03 Å². The number of amides is 2. The zero-order valence-electron chi connectivity index (χ0n) is 11.1. The monoisotopic (exact) mass is 264 g/mol. The summed E-state index contributed by atoms with van der Waals surface area (Å²) in [6.07, 6.45) is 3.00. The van der Waals surface area contributed by atoms with Crippen LogP contribution in [-0.2, 0) is 6.42 Å². The van der Waals surface area contributed by atoms with E-state index in [0.29, 0.717) is 19.0 Å². The van der Waals surface area contributed by atoms with Gasteiger partial charge in [-0.05, 0) is 42.9 Å². The van der Waals surface area contributed by atoms with Gasteiger partial charge >= 0.3 is 6.03 Å². The fraction of sp³-hybridized carbons (Fsp3) is 0.500. The molecule has 1 fully saturated rings. The molecule has 0 radical (unpaired) electrons. The number of piperidine rings is 1. The number of benzene rings is 1. The molecule has 1 aliphatic heterocycles. The van der Waals surface area contributed by atoms with Crippen molar-refractivity contribution in [3.8, 4) is 5.75 Å². The van der Waals surface area contributed by atoms with E-state index in [-0.39, 0.29) is 0 Å². The molecule has 0 saturated carbocycles. The summed E-state index contributed by atoms with van der Waals surface area (Å²) < 4.78 is 5.21. The van der Waals surface area contributed by atoms with Gasteiger partial charge in [0, 0.05) is 13.1 Å². The number of nitrogens with one attached hydrogen (secondary N) is 1. The molecule has 1 saturated heterocycles. The second kappa shape index (κ2) is 6.43. The summed E-state index contributed by atoms with van der Waals surface area (Å²) in [4.78, 5) is 13.1. The van der Waals surface area contributed by atoms with E-state index in [1.807, 2.05) is 18.2 Å². The molecule has 0 bridgehead atoms. The van der Waals surface area contributed by atoms with Gasteiger partial charge in [0.25, 0.3) is 0 Å². The molecule has 2 N–H and O–H groups in total. The Morgan fingerprint density at radius 2 is 2.42 bits per heavy atom. The summed E-state index contributed by atoms with van der Waals surface area (Å²) in [5, 5.41) is 8.67. The van der Waals surface area contributed by atoms with Crippen molar-refractivity contribution in [3.05, 3.63) is 29.8 Å². The highest BCUT2D eigenvalue weighted by atomic mass is 16.5. The van der Waals surface area contributed by atoms with E-state index in [2.05, 4.69) is 6.07 Å². The lowest BCUT2D eigenvalue weighted by atomic mass is 9.91. The quantitative estimate of drug-likeness (QED) is 0.649. The highest BCUT2D eigenvalue weighted by Crippen LogP contribution is 2.22. The zero-order valence-corrected chi connectivity index (χ0v) is 11.1. The minimum Gasteiger partial charge on any atom is -0.497 e. The van der Waals surface area contributed by atoms with Gasteiger partial charge in [0.2, 0.25) is 0 Å². The minimum absolute atomic E-state index is 0.407. The van der Waals surface area contributed by atoms with Gasteiger partial charge in [-0.25, -0.2) is 10.3 Å². The molecule has 2 rings (SSSR count). The SMILES string of the molecule is COc1cccc(CC2CCCN(C(=O)NO)C2)c1. The number of urea groups is 1. The third-order valence-corrected chi connectivity index (χ3v) is 3.56. The lowest BCUT2D eigenvalue weighted by molar-refractivity contribution is 0.112. The summed E-state index contributed by atoms with van der Waals surface area (Å²) in [5.41, 5.74) is 2.92. The number of methoxy groups -OCH3 is 1. The number of likely N-dealkylation sites (tertiary alicyclic amines) is 1.